The van der Waals surface area contributed by atoms with Gasteiger partial charge in [-0.25, -0.2) is 9.67 Å². The van der Waals surface area contributed by atoms with Gasteiger partial charge in [0.25, 0.3) is 0 Å². The lowest BCUT2D eigenvalue weighted by atomic mass is 9.99. The maximum absolute atomic E-state index is 4.90. The number of aromatic nitrogens is 8. The Morgan fingerprint density at radius 2 is 1.71 bits per heavy atom. The fourth-order valence-corrected chi connectivity index (χ4v) is 3.98. The molecule has 0 spiro atoms. The summed E-state index contributed by atoms with van der Waals surface area (Å²) >= 11 is 0. The van der Waals surface area contributed by atoms with E-state index in [4.69, 9.17) is 10.1 Å². The van der Waals surface area contributed by atoms with Crippen molar-refractivity contribution in [3.63, 3.8) is 0 Å². The Morgan fingerprint density at radius 1 is 0.882 bits per heavy atom. The standard InChI is InChI=1S/C26H26N8/c1-2-3-15-34-25(28-24(31-34)16-19-7-5-4-6-8-19)17-20-9-11-21(12-10-20)22-13-14-27-18-23(22)26-29-32-33-30-26/h4-14,18H,2-3,15-17H2,1H3,(H,29,30,32,33). The van der Waals surface area contributed by atoms with Crippen molar-refractivity contribution in [2.45, 2.75) is 39.2 Å². The van der Waals surface area contributed by atoms with Gasteiger partial charge in [-0.3, -0.25) is 4.98 Å². The maximum Gasteiger partial charge on any atom is 0.206 e. The maximum atomic E-state index is 4.90. The number of unbranched alkanes of at least 4 members (excludes halogenated alkanes) is 1. The molecule has 0 aliphatic carbocycles. The molecule has 0 saturated carbocycles. The Morgan fingerprint density at radius 3 is 2.47 bits per heavy atom. The SMILES string of the molecule is CCCCn1nc(Cc2ccccc2)nc1Cc1ccc(-c2ccncc2-c2nn[nH]n2)cc1. The van der Waals surface area contributed by atoms with Crippen LogP contribution >= 0.6 is 0 Å². The molecular formula is C26H26N8. The predicted molar refractivity (Wildman–Crippen MR) is 130 cm³/mol. The number of aromatic amines is 1. The highest BCUT2D eigenvalue weighted by Gasteiger charge is 2.13. The third-order valence-corrected chi connectivity index (χ3v) is 5.76. The van der Waals surface area contributed by atoms with E-state index < -0.39 is 0 Å². The number of hydrogen-bond acceptors (Lipinski definition) is 6. The van der Waals surface area contributed by atoms with E-state index in [0.29, 0.717) is 5.82 Å². The van der Waals surface area contributed by atoms with Crippen molar-refractivity contribution in [1.82, 2.24) is 40.4 Å². The molecule has 3 aromatic heterocycles. The summed E-state index contributed by atoms with van der Waals surface area (Å²) in [5.74, 6) is 2.40. The Kier molecular flexibility index (Phi) is 6.47. The van der Waals surface area contributed by atoms with Crippen LogP contribution in [0.15, 0.2) is 73.1 Å². The number of hydrogen-bond donors (Lipinski definition) is 1. The van der Waals surface area contributed by atoms with Crippen molar-refractivity contribution in [1.29, 1.82) is 0 Å². The van der Waals surface area contributed by atoms with Crippen LogP contribution in [0.1, 0.15) is 42.5 Å². The normalized spacial score (nSPS) is 11.1. The first-order valence-corrected chi connectivity index (χ1v) is 11.5. The van der Waals surface area contributed by atoms with Crippen LogP contribution < -0.4 is 0 Å². The van der Waals surface area contributed by atoms with Gasteiger partial charge in [-0.15, -0.1) is 10.2 Å². The minimum Gasteiger partial charge on any atom is -0.264 e. The second-order valence-corrected chi connectivity index (χ2v) is 8.21. The molecule has 0 saturated heterocycles. The topological polar surface area (TPSA) is 98.1 Å². The predicted octanol–water partition coefficient (Wildman–Crippen LogP) is 4.50. The Labute approximate surface area is 198 Å². The molecule has 0 aliphatic rings. The number of H-pyrrole nitrogens is 1. The summed E-state index contributed by atoms with van der Waals surface area (Å²) < 4.78 is 2.08. The Hall–Kier alpha value is -4.20. The van der Waals surface area contributed by atoms with Crippen LogP contribution in [0.3, 0.4) is 0 Å². The van der Waals surface area contributed by atoms with Crippen molar-refractivity contribution in [3.05, 3.63) is 95.8 Å². The number of nitrogens with zero attached hydrogens (tertiary/aromatic N) is 7. The molecule has 2 aromatic carbocycles. The van der Waals surface area contributed by atoms with E-state index in [-0.39, 0.29) is 0 Å². The average Bonchev–Trinajstić information content (AvgIpc) is 3.54. The molecule has 5 aromatic rings. The number of benzene rings is 2. The van der Waals surface area contributed by atoms with Gasteiger partial charge < -0.3 is 0 Å². The molecule has 0 radical (unpaired) electrons. The fraction of sp³-hybridized carbons (Fsp3) is 0.231. The zero-order valence-corrected chi connectivity index (χ0v) is 19.1. The third-order valence-electron chi connectivity index (χ3n) is 5.76. The Balaban J connectivity index is 1.38. The molecule has 8 heteroatoms. The summed E-state index contributed by atoms with van der Waals surface area (Å²) in [4.78, 5) is 9.13. The van der Waals surface area contributed by atoms with Gasteiger partial charge in [0.2, 0.25) is 5.82 Å². The molecule has 5 rings (SSSR count). The molecule has 1 N–H and O–H groups in total. The smallest absolute Gasteiger partial charge is 0.206 e. The van der Waals surface area contributed by atoms with E-state index in [1.165, 1.54) is 11.1 Å². The van der Waals surface area contributed by atoms with Gasteiger partial charge in [0.15, 0.2) is 5.82 Å². The van der Waals surface area contributed by atoms with Crippen molar-refractivity contribution < 1.29 is 0 Å². The summed E-state index contributed by atoms with van der Waals surface area (Å²) in [6, 6.07) is 20.9. The van der Waals surface area contributed by atoms with E-state index in [1.807, 2.05) is 12.1 Å². The molecule has 0 bridgehead atoms. The zero-order chi connectivity index (χ0) is 23.2. The van der Waals surface area contributed by atoms with E-state index in [1.54, 1.807) is 12.4 Å². The first kappa shape index (κ1) is 21.6. The van der Waals surface area contributed by atoms with E-state index in [2.05, 4.69) is 85.7 Å². The van der Waals surface area contributed by atoms with Crippen molar-refractivity contribution in [2.75, 3.05) is 0 Å². The summed E-state index contributed by atoms with van der Waals surface area (Å²) in [5.41, 5.74) is 5.34. The molecular weight excluding hydrogens is 424 g/mol. The third kappa shape index (κ3) is 4.91. The van der Waals surface area contributed by atoms with E-state index >= 15 is 0 Å². The van der Waals surface area contributed by atoms with Crippen LogP contribution in [0.4, 0.5) is 0 Å². The first-order valence-electron chi connectivity index (χ1n) is 11.5. The summed E-state index contributed by atoms with van der Waals surface area (Å²) in [7, 11) is 0. The fourth-order valence-electron chi connectivity index (χ4n) is 3.98. The lowest BCUT2D eigenvalue weighted by Crippen LogP contribution is -2.06. The van der Waals surface area contributed by atoms with Gasteiger partial charge in [0.1, 0.15) is 5.82 Å². The van der Waals surface area contributed by atoms with Crippen LogP contribution in [-0.2, 0) is 19.4 Å². The molecule has 0 unspecified atom stereocenters. The van der Waals surface area contributed by atoms with Crippen LogP contribution in [-0.4, -0.2) is 40.4 Å². The first-order chi connectivity index (χ1) is 16.8. The van der Waals surface area contributed by atoms with Crippen LogP contribution in [0.5, 0.6) is 0 Å². The lowest BCUT2D eigenvalue weighted by Gasteiger charge is -2.08. The summed E-state index contributed by atoms with van der Waals surface area (Å²) in [5, 5.41) is 19.2. The molecule has 3 heterocycles. The minimum absolute atomic E-state index is 0.530. The van der Waals surface area contributed by atoms with Crippen LogP contribution in [0.25, 0.3) is 22.5 Å². The molecule has 8 nitrogen and oxygen atoms in total. The largest absolute Gasteiger partial charge is 0.264 e. The van der Waals surface area contributed by atoms with Gasteiger partial charge in [-0.2, -0.15) is 10.3 Å². The number of aryl methyl sites for hydroxylation is 1. The quantitative estimate of drug-likeness (QED) is 0.355. The second kappa shape index (κ2) is 10.2. The number of pyridine rings is 1. The van der Waals surface area contributed by atoms with Gasteiger partial charge >= 0.3 is 0 Å². The Bertz CT molecular complexity index is 1330. The molecule has 0 atom stereocenters. The lowest BCUT2D eigenvalue weighted by molar-refractivity contribution is 0.546. The molecule has 34 heavy (non-hydrogen) atoms. The van der Waals surface area contributed by atoms with Crippen molar-refractivity contribution in [2.24, 2.45) is 0 Å². The molecule has 170 valence electrons. The molecule has 0 amide bonds. The van der Waals surface area contributed by atoms with Gasteiger partial charge in [0, 0.05) is 37.3 Å². The number of nitrogens with one attached hydrogen (secondary N) is 1. The van der Waals surface area contributed by atoms with E-state index in [0.717, 1.165) is 60.6 Å². The monoisotopic (exact) mass is 450 g/mol. The highest BCUT2D eigenvalue weighted by molar-refractivity contribution is 5.79. The highest BCUT2D eigenvalue weighted by Crippen LogP contribution is 2.29. The zero-order valence-electron chi connectivity index (χ0n) is 19.1. The average molecular weight is 451 g/mol. The van der Waals surface area contributed by atoms with E-state index in [9.17, 15) is 0 Å². The van der Waals surface area contributed by atoms with Crippen LogP contribution in [0, 0.1) is 0 Å². The number of tetrazole rings is 1. The molecule has 0 fully saturated rings. The second-order valence-electron chi connectivity index (χ2n) is 8.21. The van der Waals surface area contributed by atoms with Crippen molar-refractivity contribution in [3.8, 4) is 22.5 Å². The van der Waals surface area contributed by atoms with Gasteiger partial charge in [0.05, 0.1) is 0 Å². The van der Waals surface area contributed by atoms with Gasteiger partial charge in [-0.05, 0) is 40.0 Å². The molecule has 0 aliphatic heterocycles. The number of rotatable bonds is 9. The minimum atomic E-state index is 0.530. The van der Waals surface area contributed by atoms with Gasteiger partial charge in [-0.1, -0.05) is 67.9 Å². The van der Waals surface area contributed by atoms with Crippen LogP contribution in [0.2, 0.25) is 0 Å². The van der Waals surface area contributed by atoms with Crippen molar-refractivity contribution >= 4 is 0 Å². The summed E-state index contributed by atoms with van der Waals surface area (Å²) in [6.45, 7) is 3.08. The highest BCUT2D eigenvalue weighted by atomic mass is 15.5. The summed E-state index contributed by atoms with van der Waals surface area (Å²) in [6.07, 6.45) is 7.22.